The molecule has 0 aliphatic heterocycles. The average molecular weight is 104 g/mol. The van der Waals surface area contributed by atoms with Crippen LogP contribution in [-0.4, -0.2) is 5.94 Å². The second kappa shape index (κ2) is 2.13. The highest BCUT2D eigenvalue weighted by molar-refractivity contribution is 5.52. The van der Waals surface area contributed by atoms with E-state index in [9.17, 15) is 4.79 Å². The third-order valence-electron chi connectivity index (χ3n) is 0.858. The van der Waals surface area contributed by atoms with Gasteiger partial charge in [0.25, 0.3) is 0 Å². The molecule has 0 N–H and O–H groups in total. The van der Waals surface area contributed by atoms with E-state index in [-0.39, 0.29) is 0 Å². The van der Waals surface area contributed by atoms with Gasteiger partial charge in [0.1, 0.15) is 0 Å². The highest BCUT2D eigenvalue weighted by Crippen LogP contribution is 2.02. The molecule has 0 heterocycles. The first-order chi connectivity index (χ1) is 3.93. The summed E-state index contributed by atoms with van der Waals surface area (Å²) in [7, 11) is 0. The normalized spacial score (nSPS) is 13.8. The average Bonchev–Trinajstić information content (AvgIpc) is 2.19. The lowest BCUT2D eigenvalue weighted by molar-refractivity contribution is 0.569. The quantitative estimate of drug-likeness (QED) is 0.331. The summed E-state index contributed by atoms with van der Waals surface area (Å²) in [4.78, 5) is 9.64. The minimum Gasteiger partial charge on any atom is -0.224 e. The summed E-state index contributed by atoms with van der Waals surface area (Å²) in [5, 5.41) is 0. The Hall–Kier alpha value is -1.29. The van der Waals surface area contributed by atoms with E-state index in [0.29, 0.717) is 0 Å². The number of carbonyl (C=O) groups excluding carboxylic acids is 1. The first kappa shape index (κ1) is 4.86. The van der Waals surface area contributed by atoms with E-state index in [0.717, 1.165) is 5.57 Å². The topological polar surface area (TPSA) is 17.1 Å². The maximum absolute atomic E-state index is 9.64. The standard InChI is InChI=1S/C7H4O/c8-6-5-7-3-1-2-4-7/h1-4H. The Morgan fingerprint density at radius 1 is 1.25 bits per heavy atom. The molecule has 1 rings (SSSR count). The fourth-order valence-electron chi connectivity index (χ4n) is 0.516. The van der Waals surface area contributed by atoms with Crippen LogP contribution in [0.3, 0.4) is 0 Å². The number of hydrogen-bond donors (Lipinski definition) is 0. The van der Waals surface area contributed by atoms with Crippen molar-refractivity contribution in [3.05, 3.63) is 35.6 Å². The predicted molar refractivity (Wildman–Crippen MR) is 31.0 cm³/mol. The lowest BCUT2D eigenvalue weighted by Gasteiger charge is -1.70. The Kier molecular flexibility index (Phi) is 1.29. The van der Waals surface area contributed by atoms with E-state index >= 15 is 0 Å². The second-order valence-electron chi connectivity index (χ2n) is 1.40. The minimum atomic E-state index is 0.792. The largest absolute Gasteiger partial charge is 0.224 e. The van der Waals surface area contributed by atoms with Crippen molar-refractivity contribution in [2.45, 2.75) is 0 Å². The van der Waals surface area contributed by atoms with E-state index in [1.165, 1.54) is 0 Å². The summed E-state index contributed by atoms with van der Waals surface area (Å²) in [6, 6.07) is 0. The van der Waals surface area contributed by atoms with Crippen molar-refractivity contribution < 1.29 is 4.79 Å². The molecule has 1 nitrogen and oxygen atoms in total. The Morgan fingerprint density at radius 2 is 1.88 bits per heavy atom. The van der Waals surface area contributed by atoms with Crippen molar-refractivity contribution in [1.82, 2.24) is 0 Å². The van der Waals surface area contributed by atoms with Crippen LogP contribution in [0, 0.1) is 0 Å². The van der Waals surface area contributed by atoms with Gasteiger partial charge in [-0.2, -0.15) is 0 Å². The van der Waals surface area contributed by atoms with Crippen LogP contribution in [0.4, 0.5) is 0 Å². The molecule has 0 unspecified atom stereocenters. The van der Waals surface area contributed by atoms with Crippen molar-refractivity contribution in [3.8, 4) is 0 Å². The zero-order valence-corrected chi connectivity index (χ0v) is 4.22. The molecule has 1 heteroatoms. The molecule has 0 amide bonds. The molecule has 0 fully saturated rings. The molecule has 0 spiro atoms. The highest BCUT2D eigenvalue weighted by Gasteiger charge is 1.85. The molecular formula is C7H4O. The van der Waals surface area contributed by atoms with E-state index in [4.69, 9.17) is 0 Å². The lowest BCUT2D eigenvalue weighted by Crippen LogP contribution is -1.56. The zero-order valence-electron chi connectivity index (χ0n) is 4.22. The van der Waals surface area contributed by atoms with Crippen molar-refractivity contribution in [2.24, 2.45) is 0 Å². The molecule has 0 aromatic heterocycles. The van der Waals surface area contributed by atoms with Crippen LogP contribution in [-0.2, 0) is 4.79 Å². The van der Waals surface area contributed by atoms with Gasteiger partial charge < -0.3 is 0 Å². The third-order valence-corrected chi connectivity index (χ3v) is 0.858. The molecule has 1 aliphatic rings. The van der Waals surface area contributed by atoms with Gasteiger partial charge in [0.2, 0.25) is 0 Å². The highest BCUT2D eigenvalue weighted by atomic mass is 16.1. The van der Waals surface area contributed by atoms with Gasteiger partial charge in [-0.15, -0.1) is 0 Å². The molecule has 0 bridgehead atoms. The van der Waals surface area contributed by atoms with Gasteiger partial charge in [0.05, 0.1) is 0 Å². The van der Waals surface area contributed by atoms with Gasteiger partial charge in [-0.25, -0.2) is 4.79 Å². The SMILES string of the molecule is O=C=C=C1C=CC=C1. The molecule has 38 valence electrons. The number of rotatable bonds is 0. The Labute approximate surface area is 47.3 Å². The van der Waals surface area contributed by atoms with Gasteiger partial charge in [0, 0.05) is 5.57 Å². The summed E-state index contributed by atoms with van der Waals surface area (Å²) in [6.07, 6.45) is 7.29. The van der Waals surface area contributed by atoms with E-state index in [2.05, 4.69) is 5.73 Å². The summed E-state index contributed by atoms with van der Waals surface area (Å²) < 4.78 is 0. The molecule has 0 saturated heterocycles. The van der Waals surface area contributed by atoms with Crippen LogP contribution < -0.4 is 0 Å². The number of hydrogen-bond acceptors (Lipinski definition) is 1. The Bertz CT molecular complexity index is 207. The molecule has 8 heavy (non-hydrogen) atoms. The van der Waals surface area contributed by atoms with Gasteiger partial charge in [-0.3, -0.25) is 0 Å². The third kappa shape index (κ3) is 0.855. The van der Waals surface area contributed by atoms with Crippen LogP contribution in [0.1, 0.15) is 0 Å². The van der Waals surface area contributed by atoms with Crippen LogP contribution in [0.5, 0.6) is 0 Å². The van der Waals surface area contributed by atoms with Crippen molar-refractivity contribution in [3.63, 3.8) is 0 Å². The fraction of sp³-hybridized carbons (Fsp3) is 0. The van der Waals surface area contributed by atoms with Gasteiger partial charge in [-0.1, -0.05) is 12.2 Å². The molecular weight excluding hydrogens is 100 g/mol. The first-order valence-corrected chi connectivity index (χ1v) is 2.28. The predicted octanol–water partition coefficient (Wildman–Crippen LogP) is 1.03. The smallest absolute Gasteiger partial charge is 0.177 e. The fourth-order valence-corrected chi connectivity index (χ4v) is 0.516. The maximum atomic E-state index is 9.64. The molecule has 0 aromatic rings. The summed E-state index contributed by atoms with van der Waals surface area (Å²) >= 11 is 0. The van der Waals surface area contributed by atoms with Gasteiger partial charge >= 0.3 is 0 Å². The molecule has 0 aromatic carbocycles. The van der Waals surface area contributed by atoms with Crippen molar-refractivity contribution in [2.75, 3.05) is 0 Å². The lowest BCUT2D eigenvalue weighted by atomic mass is 10.3. The maximum Gasteiger partial charge on any atom is 0.177 e. The molecule has 0 saturated carbocycles. The van der Waals surface area contributed by atoms with Crippen molar-refractivity contribution in [1.29, 1.82) is 0 Å². The molecule has 0 radical (unpaired) electrons. The minimum absolute atomic E-state index is 0.792. The van der Waals surface area contributed by atoms with Crippen LogP contribution >= 0.6 is 0 Å². The first-order valence-electron chi connectivity index (χ1n) is 2.28. The van der Waals surface area contributed by atoms with Crippen LogP contribution in [0.25, 0.3) is 0 Å². The monoisotopic (exact) mass is 104 g/mol. The number of allylic oxidation sites excluding steroid dienone is 5. The second-order valence-corrected chi connectivity index (χ2v) is 1.40. The molecule has 1 aliphatic carbocycles. The Morgan fingerprint density at radius 3 is 2.38 bits per heavy atom. The van der Waals surface area contributed by atoms with Crippen LogP contribution in [0.2, 0.25) is 0 Å². The summed E-state index contributed by atoms with van der Waals surface area (Å²) in [5.41, 5.74) is 3.17. The Balaban J connectivity index is 3.08. The van der Waals surface area contributed by atoms with Gasteiger partial charge in [0.15, 0.2) is 5.94 Å². The summed E-state index contributed by atoms with van der Waals surface area (Å²) in [5.74, 6) is 1.57. The van der Waals surface area contributed by atoms with E-state index in [1.54, 1.807) is 18.1 Å². The zero-order chi connectivity index (χ0) is 5.82. The van der Waals surface area contributed by atoms with Gasteiger partial charge in [-0.05, 0) is 17.9 Å². The summed E-state index contributed by atoms with van der Waals surface area (Å²) in [6.45, 7) is 0. The van der Waals surface area contributed by atoms with E-state index in [1.807, 2.05) is 12.2 Å². The van der Waals surface area contributed by atoms with Crippen LogP contribution in [0.15, 0.2) is 35.6 Å². The van der Waals surface area contributed by atoms with E-state index < -0.39 is 0 Å². The van der Waals surface area contributed by atoms with Crippen molar-refractivity contribution >= 4 is 5.94 Å². The molecule has 0 atom stereocenters.